The van der Waals surface area contributed by atoms with E-state index in [4.69, 9.17) is 9.47 Å². The molecule has 1 heterocycles. The summed E-state index contributed by atoms with van der Waals surface area (Å²) in [7, 11) is 1.66. The topological polar surface area (TPSA) is 36.3 Å². The summed E-state index contributed by atoms with van der Waals surface area (Å²) in [5.74, 6) is 1.44. The van der Waals surface area contributed by atoms with Crippen LogP contribution in [0.5, 0.6) is 11.5 Å². The summed E-state index contributed by atoms with van der Waals surface area (Å²) in [5, 5.41) is 0. The SMILES string of the molecule is COc1cc(-c2cncn2Cc2ccccc2)ccc1OCc1ccccc1. The van der Waals surface area contributed by atoms with Gasteiger partial charge in [-0.15, -0.1) is 0 Å². The van der Waals surface area contributed by atoms with Gasteiger partial charge in [-0.1, -0.05) is 60.7 Å². The smallest absolute Gasteiger partial charge is 0.161 e. The molecule has 0 atom stereocenters. The largest absolute Gasteiger partial charge is 0.493 e. The van der Waals surface area contributed by atoms with Crippen molar-refractivity contribution in [3.8, 4) is 22.8 Å². The van der Waals surface area contributed by atoms with Crippen molar-refractivity contribution in [3.05, 3.63) is 103 Å². The molecule has 0 aliphatic rings. The number of hydrogen-bond acceptors (Lipinski definition) is 3. The van der Waals surface area contributed by atoms with Crippen LogP contribution >= 0.6 is 0 Å². The van der Waals surface area contributed by atoms with E-state index in [0.717, 1.165) is 29.1 Å². The van der Waals surface area contributed by atoms with Crippen LogP contribution in [0.15, 0.2) is 91.4 Å². The van der Waals surface area contributed by atoms with Gasteiger partial charge in [0, 0.05) is 12.1 Å². The molecule has 28 heavy (non-hydrogen) atoms. The Morgan fingerprint density at radius 2 is 1.54 bits per heavy atom. The van der Waals surface area contributed by atoms with Crippen molar-refractivity contribution in [2.24, 2.45) is 0 Å². The van der Waals surface area contributed by atoms with Gasteiger partial charge in [-0.3, -0.25) is 0 Å². The van der Waals surface area contributed by atoms with Crippen LogP contribution in [0.1, 0.15) is 11.1 Å². The second-order valence-corrected chi connectivity index (χ2v) is 6.53. The number of nitrogens with zero attached hydrogens (tertiary/aromatic N) is 2. The highest BCUT2D eigenvalue weighted by molar-refractivity contribution is 5.64. The van der Waals surface area contributed by atoms with Crippen LogP contribution in [-0.4, -0.2) is 16.7 Å². The molecule has 0 amide bonds. The molecule has 4 rings (SSSR count). The van der Waals surface area contributed by atoms with Crippen LogP contribution in [0.25, 0.3) is 11.3 Å². The molecule has 0 saturated carbocycles. The minimum absolute atomic E-state index is 0.502. The lowest BCUT2D eigenvalue weighted by atomic mass is 10.1. The molecular formula is C24H22N2O2. The van der Waals surface area contributed by atoms with Crippen molar-refractivity contribution < 1.29 is 9.47 Å². The van der Waals surface area contributed by atoms with E-state index >= 15 is 0 Å². The first kappa shape index (κ1) is 17.9. The summed E-state index contributed by atoms with van der Waals surface area (Å²) >= 11 is 0. The standard InChI is InChI=1S/C24H22N2O2/c1-27-24-14-21(12-13-23(24)28-17-20-10-6-3-7-11-20)22-15-25-18-26(22)16-19-8-4-2-5-9-19/h2-15,18H,16-17H2,1H3. The molecular weight excluding hydrogens is 348 g/mol. The molecule has 3 aromatic carbocycles. The van der Waals surface area contributed by atoms with Gasteiger partial charge in [0.2, 0.25) is 0 Å². The molecule has 0 fully saturated rings. The number of hydrogen-bond donors (Lipinski definition) is 0. The summed E-state index contributed by atoms with van der Waals surface area (Å²) in [6.45, 7) is 1.27. The van der Waals surface area contributed by atoms with Gasteiger partial charge in [-0.25, -0.2) is 4.98 Å². The van der Waals surface area contributed by atoms with Crippen molar-refractivity contribution in [2.45, 2.75) is 13.2 Å². The second kappa shape index (κ2) is 8.44. The summed E-state index contributed by atoms with van der Waals surface area (Å²) in [4.78, 5) is 4.34. The second-order valence-electron chi connectivity index (χ2n) is 6.53. The number of methoxy groups -OCH3 is 1. The molecule has 0 unspecified atom stereocenters. The predicted octanol–water partition coefficient (Wildman–Crippen LogP) is 5.19. The lowest BCUT2D eigenvalue weighted by Gasteiger charge is -2.13. The van der Waals surface area contributed by atoms with Crippen LogP contribution in [0.4, 0.5) is 0 Å². The van der Waals surface area contributed by atoms with E-state index in [-0.39, 0.29) is 0 Å². The summed E-state index contributed by atoms with van der Waals surface area (Å²) in [5.41, 5.74) is 4.43. The van der Waals surface area contributed by atoms with Crippen LogP contribution in [0.2, 0.25) is 0 Å². The highest BCUT2D eigenvalue weighted by atomic mass is 16.5. The maximum absolute atomic E-state index is 5.96. The molecule has 0 N–H and O–H groups in total. The summed E-state index contributed by atoms with van der Waals surface area (Å²) in [6.07, 6.45) is 3.73. The third kappa shape index (κ3) is 4.07. The summed E-state index contributed by atoms with van der Waals surface area (Å²) in [6, 6.07) is 26.5. The predicted molar refractivity (Wildman–Crippen MR) is 111 cm³/mol. The van der Waals surface area contributed by atoms with Crippen molar-refractivity contribution in [1.82, 2.24) is 9.55 Å². The number of benzene rings is 3. The zero-order valence-corrected chi connectivity index (χ0v) is 15.8. The lowest BCUT2D eigenvalue weighted by Crippen LogP contribution is -2.01. The van der Waals surface area contributed by atoms with Crippen molar-refractivity contribution in [2.75, 3.05) is 7.11 Å². The van der Waals surface area contributed by atoms with Crippen LogP contribution in [0.3, 0.4) is 0 Å². The quantitative estimate of drug-likeness (QED) is 0.449. The molecule has 4 nitrogen and oxygen atoms in total. The molecule has 140 valence electrons. The third-order valence-corrected chi connectivity index (χ3v) is 4.60. The zero-order chi connectivity index (χ0) is 19.2. The molecule has 0 saturated heterocycles. The van der Waals surface area contributed by atoms with Gasteiger partial charge >= 0.3 is 0 Å². The van der Waals surface area contributed by atoms with E-state index in [1.807, 2.05) is 79.3 Å². The van der Waals surface area contributed by atoms with Crippen LogP contribution < -0.4 is 9.47 Å². The fourth-order valence-electron chi connectivity index (χ4n) is 3.15. The van der Waals surface area contributed by atoms with E-state index in [1.54, 1.807) is 7.11 Å². The van der Waals surface area contributed by atoms with Crippen LogP contribution in [-0.2, 0) is 13.2 Å². The molecule has 4 heteroatoms. The average molecular weight is 370 g/mol. The number of aromatic nitrogens is 2. The van der Waals surface area contributed by atoms with Crippen LogP contribution in [0, 0.1) is 0 Å². The number of rotatable bonds is 7. The van der Waals surface area contributed by atoms with Gasteiger partial charge in [-0.05, 0) is 29.3 Å². The normalized spacial score (nSPS) is 10.6. The van der Waals surface area contributed by atoms with E-state index in [1.165, 1.54) is 5.56 Å². The molecule has 1 aromatic heterocycles. The van der Waals surface area contributed by atoms with Crippen molar-refractivity contribution in [3.63, 3.8) is 0 Å². The fourth-order valence-corrected chi connectivity index (χ4v) is 3.15. The first-order valence-corrected chi connectivity index (χ1v) is 9.22. The van der Waals surface area contributed by atoms with E-state index < -0.39 is 0 Å². The Kier molecular flexibility index (Phi) is 5.38. The maximum Gasteiger partial charge on any atom is 0.161 e. The fraction of sp³-hybridized carbons (Fsp3) is 0.125. The highest BCUT2D eigenvalue weighted by Gasteiger charge is 2.11. The minimum atomic E-state index is 0.502. The Bertz CT molecular complexity index is 1030. The molecule has 4 aromatic rings. The Labute approximate surface area is 165 Å². The van der Waals surface area contributed by atoms with Crippen molar-refractivity contribution in [1.29, 1.82) is 0 Å². The van der Waals surface area contributed by atoms with Gasteiger partial charge in [0.1, 0.15) is 6.61 Å². The van der Waals surface area contributed by atoms with Gasteiger partial charge in [0.25, 0.3) is 0 Å². The molecule has 0 aliphatic carbocycles. The minimum Gasteiger partial charge on any atom is -0.493 e. The molecule has 0 spiro atoms. The van der Waals surface area contributed by atoms with Gasteiger partial charge in [0.05, 0.1) is 25.3 Å². The van der Waals surface area contributed by atoms with Gasteiger partial charge in [-0.2, -0.15) is 0 Å². The first-order chi connectivity index (χ1) is 13.8. The zero-order valence-electron chi connectivity index (χ0n) is 15.8. The highest BCUT2D eigenvalue weighted by Crippen LogP contribution is 2.33. The first-order valence-electron chi connectivity index (χ1n) is 9.22. The molecule has 0 radical (unpaired) electrons. The number of imidazole rings is 1. The van der Waals surface area contributed by atoms with E-state index in [2.05, 4.69) is 21.7 Å². The number of ether oxygens (including phenoxy) is 2. The maximum atomic E-state index is 5.96. The Morgan fingerprint density at radius 1 is 0.821 bits per heavy atom. The monoisotopic (exact) mass is 370 g/mol. The Balaban J connectivity index is 1.55. The molecule has 0 bridgehead atoms. The Morgan fingerprint density at radius 3 is 2.25 bits per heavy atom. The Hall–Kier alpha value is -3.53. The van der Waals surface area contributed by atoms with Crippen molar-refractivity contribution >= 4 is 0 Å². The molecule has 0 aliphatic heterocycles. The lowest BCUT2D eigenvalue weighted by molar-refractivity contribution is 0.284. The van der Waals surface area contributed by atoms with Gasteiger partial charge < -0.3 is 14.0 Å². The third-order valence-electron chi connectivity index (χ3n) is 4.60. The van der Waals surface area contributed by atoms with Gasteiger partial charge in [0.15, 0.2) is 11.5 Å². The van der Waals surface area contributed by atoms with E-state index in [0.29, 0.717) is 12.4 Å². The van der Waals surface area contributed by atoms with E-state index in [9.17, 15) is 0 Å². The average Bonchev–Trinajstić information content (AvgIpc) is 3.21. The summed E-state index contributed by atoms with van der Waals surface area (Å²) < 4.78 is 13.7.